The summed E-state index contributed by atoms with van der Waals surface area (Å²) in [6.07, 6.45) is -4.54. The van der Waals surface area contributed by atoms with Crippen molar-refractivity contribution in [2.24, 2.45) is 5.73 Å². The standard InChI is InChI=1S/C11H14F3N3O/c1-10(2,9(16)18)17-6-3-4-8(15)7(5-6)11(12,13)14/h3-5,17H,15H2,1-2H3,(H2,16,18). The van der Waals surface area contributed by atoms with Crippen molar-refractivity contribution >= 4 is 17.3 Å². The first-order chi connectivity index (χ1) is 8.04. The van der Waals surface area contributed by atoms with Gasteiger partial charge in [-0.15, -0.1) is 0 Å². The monoisotopic (exact) mass is 261 g/mol. The molecule has 4 nitrogen and oxygen atoms in total. The Kier molecular flexibility index (Phi) is 3.45. The number of hydrogen-bond acceptors (Lipinski definition) is 3. The second-order valence-electron chi connectivity index (χ2n) is 4.41. The number of primary amides is 1. The third-order valence-electron chi connectivity index (χ3n) is 2.43. The summed E-state index contributed by atoms with van der Waals surface area (Å²) >= 11 is 0. The number of halogens is 3. The van der Waals surface area contributed by atoms with Crippen molar-refractivity contribution in [2.45, 2.75) is 25.6 Å². The van der Waals surface area contributed by atoms with Crippen LogP contribution in [0, 0.1) is 0 Å². The molecule has 0 heterocycles. The van der Waals surface area contributed by atoms with Crippen LogP contribution in [-0.2, 0) is 11.0 Å². The maximum absolute atomic E-state index is 12.6. The average molecular weight is 261 g/mol. The minimum atomic E-state index is -4.54. The summed E-state index contributed by atoms with van der Waals surface area (Å²) in [5.74, 6) is -0.673. The number of amides is 1. The van der Waals surface area contributed by atoms with Gasteiger partial charge in [0, 0.05) is 11.4 Å². The van der Waals surface area contributed by atoms with Gasteiger partial charge in [-0.3, -0.25) is 4.79 Å². The number of anilines is 2. The molecular formula is C11H14F3N3O. The van der Waals surface area contributed by atoms with Crippen LogP contribution in [0.2, 0.25) is 0 Å². The molecule has 1 amide bonds. The van der Waals surface area contributed by atoms with Crippen molar-refractivity contribution in [3.8, 4) is 0 Å². The van der Waals surface area contributed by atoms with Crippen LogP contribution >= 0.6 is 0 Å². The van der Waals surface area contributed by atoms with Crippen molar-refractivity contribution in [2.75, 3.05) is 11.1 Å². The third kappa shape index (κ3) is 3.06. The molecule has 0 aromatic heterocycles. The van der Waals surface area contributed by atoms with E-state index in [9.17, 15) is 18.0 Å². The van der Waals surface area contributed by atoms with Crippen LogP contribution in [0.4, 0.5) is 24.5 Å². The Bertz CT molecular complexity index is 469. The van der Waals surface area contributed by atoms with E-state index in [0.29, 0.717) is 0 Å². The number of rotatable bonds is 3. The molecule has 1 rings (SSSR count). The van der Waals surface area contributed by atoms with E-state index in [0.717, 1.165) is 12.1 Å². The highest BCUT2D eigenvalue weighted by Gasteiger charge is 2.34. The van der Waals surface area contributed by atoms with Crippen LogP contribution in [0.25, 0.3) is 0 Å². The van der Waals surface area contributed by atoms with Crippen LogP contribution in [0.15, 0.2) is 18.2 Å². The Balaban J connectivity index is 3.11. The topological polar surface area (TPSA) is 81.1 Å². The van der Waals surface area contributed by atoms with Gasteiger partial charge in [-0.05, 0) is 32.0 Å². The smallest absolute Gasteiger partial charge is 0.398 e. The first kappa shape index (κ1) is 14.1. The van der Waals surface area contributed by atoms with Gasteiger partial charge in [0.15, 0.2) is 0 Å². The molecule has 0 aliphatic heterocycles. The summed E-state index contributed by atoms with van der Waals surface area (Å²) in [6.45, 7) is 2.94. The number of nitrogens with two attached hydrogens (primary N) is 2. The molecule has 1 aromatic carbocycles. The highest BCUT2D eigenvalue weighted by molar-refractivity contribution is 5.87. The van der Waals surface area contributed by atoms with E-state index < -0.39 is 23.2 Å². The van der Waals surface area contributed by atoms with Crippen molar-refractivity contribution in [1.82, 2.24) is 0 Å². The number of nitrogen functional groups attached to an aromatic ring is 1. The highest BCUT2D eigenvalue weighted by atomic mass is 19.4. The predicted molar refractivity (Wildman–Crippen MR) is 62.8 cm³/mol. The van der Waals surface area contributed by atoms with Crippen LogP contribution in [-0.4, -0.2) is 11.4 Å². The van der Waals surface area contributed by atoms with Gasteiger partial charge < -0.3 is 16.8 Å². The maximum Gasteiger partial charge on any atom is 0.418 e. The van der Waals surface area contributed by atoms with Crippen molar-refractivity contribution in [3.05, 3.63) is 23.8 Å². The summed E-state index contributed by atoms with van der Waals surface area (Å²) in [6, 6.07) is 3.33. The van der Waals surface area contributed by atoms with E-state index in [1.54, 1.807) is 0 Å². The summed E-state index contributed by atoms with van der Waals surface area (Å²) in [5, 5.41) is 2.63. The largest absolute Gasteiger partial charge is 0.418 e. The summed E-state index contributed by atoms with van der Waals surface area (Å²) in [7, 11) is 0. The van der Waals surface area contributed by atoms with Gasteiger partial charge in [-0.2, -0.15) is 13.2 Å². The summed E-state index contributed by atoms with van der Waals surface area (Å²) < 4.78 is 37.9. The molecule has 0 saturated heterocycles. The molecule has 18 heavy (non-hydrogen) atoms. The summed E-state index contributed by atoms with van der Waals surface area (Å²) in [5.41, 5.74) is 8.03. The zero-order valence-electron chi connectivity index (χ0n) is 9.93. The molecule has 0 atom stereocenters. The Morgan fingerprint density at radius 1 is 1.28 bits per heavy atom. The van der Waals surface area contributed by atoms with E-state index in [1.807, 2.05) is 0 Å². The lowest BCUT2D eigenvalue weighted by molar-refractivity contribution is -0.136. The van der Waals surface area contributed by atoms with Gasteiger partial charge in [0.05, 0.1) is 5.56 Å². The van der Waals surface area contributed by atoms with E-state index in [-0.39, 0.29) is 11.4 Å². The van der Waals surface area contributed by atoms with Gasteiger partial charge >= 0.3 is 6.18 Å². The SMILES string of the molecule is CC(C)(Nc1ccc(N)c(C(F)(F)F)c1)C(N)=O. The number of hydrogen-bond donors (Lipinski definition) is 3. The number of alkyl halides is 3. The molecule has 1 aromatic rings. The van der Waals surface area contributed by atoms with E-state index in [2.05, 4.69) is 5.32 Å². The average Bonchev–Trinajstić information content (AvgIpc) is 2.18. The molecule has 7 heteroatoms. The second-order valence-corrected chi connectivity index (χ2v) is 4.41. The van der Waals surface area contributed by atoms with Gasteiger partial charge in [-0.25, -0.2) is 0 Å². The second kappa shape index (κ2) is 4.40. The lowest BCUT2D eigenvalue weighted by atomic mass is 10.0. The molecule has 0 spiro atoms. The quantitative estimate of drug-likeness (QED) is 0.727. The highest BCUT2D eigenvalue weighted by Crippen LogP contribution is 2.35. The lowest BCUT2D eigenvalue weighted by Crippen LogP contribution is -2.45. The van der Waals surface area contributed by atoms with Gasteiger partial charge in [-0.1, -0.05) is 0 Å². The fraction of sp³-hybridized carbons (Fsp3) is 0.364. The zero-order valence-corrected chi connectivity index (χ0v) is 9.93. The van der Waals surface area contributed by atoms with Crippen molar-refractivity contribution in [3.63, 3.8) is 0 Å². The molecular weight excluding hydrogens is 247 g/mol. The molecule has 0 fully saturated rings. The molecule has 0 saturated carbocycles. The minimum Gasteiger partial charge on any atom is -0.398 e. The maximum atomic E-state index is 12.6. The molecule has 0 radical (unpaired) electrons. The first-order valence-corrected chi connectivity index (χ1v) is 5.09. The zero-order chi connectivity index (χ0) is 14.1. The van der Waals surface area contributed by atoms with Gasteiger partial charge in [0.1, 0.15) is 5.54 Å². The van der Waals surface area contributed by atoms with Crippen LogP contribution in [0.5, 0.6) is 0 Å². The van der Waals surface area contributed by atoms with E-state index in [1.165, 1.54) is 19.9 Å². The number of carbonyl (C=O) groups is 1. The molecule has 0 unspecified atom stereocenters. The van der Waals surface area contributed by atoms with Gasteiger partial charge in [0.2, 0.25) is 5.91 Å². The van der Waals surface area contributed by atoms with E-state index in [4.69, 9.17) is 11.5 Å². The predicted octanol–water partition coefficient (Wildman–Crippen LogP) is 1.96. The Hall–Kier alpha value is -1.92. The lowest BCUT2D eigenvalue weighted by Gasteiger charge is -2.24. The minimum absolute atomic E-state index is 0.125. The van der Waals surface area contributed by atoms with Crippen molar-refractivity contribution in [1.29, 1.82) is 0 Å². The normalized spacial score (nSPS) is 12.3. The molecule has 100 valence electrons. The number of benzene rings is 1. The molecule has 0 aliphatic rings. The van der Waals surface area contributed by atoms with Crippen LogP contribution in [0.1, 0.15) is 19.4 Å². The van der Waals surface area contributed by atoms with Crippen LogP contribution < -0.4 is 16.8 Å². The molecule has 0 bridgehead atoms. The molecule has 5 N–H and O–H groups in total. The summed E-state index contributed by atoms with van der Waals surface area (Å²) in [4.78, 5) is 11.1. The van der Waals surface area contributed by atoms with Crippen molar-refractivity contribution < 1.29 is 18.0 Å². The fourth-order valence-corrected chi connectivity index (χ4v) is 1.30. The number of carbonyl (C=O) groups excluding carboxylic acids is 1. The number of nitrogens with one attached hydrogen (secondary N) is 1. The third-order valence-corrected chi connectivity index (χ3v) is 2.43. The molecule has 0 aliphatic carbocycles. The van der Waals surface area contributed by atoms with E-state index >= 15 is 0 Å². The van der Waals surface area contributed by atoms with Gasteiger partial charge in [0.25, 0.3) is 0 Å². The first-order valence-electron chi connectivity index (χ1n) is 5.09. The fourth-order valence-electron chi connectivity index (χ4n) is 1.30. The Morgan fingerprint density at radius 2 is 1.83 bits per heavy atom. The van der Waals surface area contributed by atoms with Crippen LogP contribution in [0.3, 0.4) is 0 Å². The Morgan fingerprint density at radius 3 is 2.28 bits per heavy atom. The Labute approximate surface area is 102 Å².